The van der Waals surface area contributed by atoms with Crippen molar-refractivity contribution in [3.05, 3.63) is 23.8 Å². The van der Waals surface area contributed by atoms with Crippen LogP contribution in [0.5, 0.6) is 11.5 Å². The molecule has 1 saturated heterocycles. The van der Waals surface area contributed by atoms with Crippen LogP contribution < -0.4 is 8.92 Å². The van der Waals surface area contributed by atoms with Crippen molar-refractivity contribution in [2.24, 2.45) is 0 Å². The van der Waals surface area contributed by atoms with Gasteiger partial charge in [0.15, 0.2) is 6.23 Å². The third kappa shape index (κ3) is 3.80. The van der Waals surface area contributed by atoms with Crippen LogP contribution in [-0.4, -0.2) is 69.6 Å². The zero-order chi connectivity index (χ0) is 18.9. The molecule has 26 heavy (non-hydrogen) atoms. The molecule has 146 valence electrons. The molecule has 0 N–H and O–H groups in total. The van der Waals surface area contributed by atoms with E-state index in [9.17, 15) is 8.42 Å². The molecule has 7 nitrogen and oxygen atoms in total. The van der Waals surface area contributed by atoms with E-state index in [4.69, 9.17) is 25.3 Å². The second kappa shape index (κ2) is 7.52. The van der Waals surface area contributed by atoms with Crippen molar-refractivity contribution in [3.8, 4) is 11.5 Å². The summed E-state index contributed by atoms with van der Waals surface area (Å²) in [6, 6.07) is 5.13. The summed E-state index contributed by atoms with van der Waals surface area (Å²) in [5.41, 5.74) is 0.624. The molecule has 2 aliphatic rings. The van der Waals surface area contributed by atoms with Gasteiger partial charge < -0.3 is 13.7 Å². The molecule has 0 aromatic heterocycles. The standard InChI is InChI=1S/C17H25ClN2O5S/c1-17(2)14-12-13(25-26(21,22)19(3)7-6-18)4-5-15(14)24-16(17)20-8-10-23-11-9-20/h4-5,12,16H,6-11H2,1-3H3. The quantitative estimate of drug-likeness (QED) is 0.673. The molecule has 1 unspecified atom stereocenters. The van der Waals surface area contributed by atoms with Gasteiger partial charge in [0, 0.05) is 43.5 Å². The van der Waals surface area contributed by atoms with Gasteiger partial charge in [-0.3, -0.25) is 4.90 Å². The lowest BCUT2D eigenvalue weighted by molar-refractivity contribution is -0.0612. The van der Waals surface area contributed by atoms with Gasteiger partial charge in [0.25, 0.3) is 0 Å². The number of benzene rings is 1. The van der Waals surface area contributed by atoms with Gasteiger partial charge in [0.1, 0.15) is 11.5 Å². The molecule has 2 heterocycles. The van der Waals surface area contributed by atoms with Gasteiger partial charge in [-0.05, 0) is 18.2 Å². The molecule has 1 aromatic rings. The first-order valence-electron chi connectivity index (χ1n) is 8.60. The van der Waals surface area contributed by atoms with E-state index in [2.05, 4.69) is 18.7 Å². The molecule has 3 rings (SSSR count). The summed E-state index contributed by atoms with van der Waals surface area (Å²) in [5, 5.41) is 0. The van der Waals surface area contributed by atoms with Crippen LogP contribution >= 0.6 is 11.6 Å². The molecule has 0 amide bonds. The van der Waals surface area contributed by atoms with Gasteiger partial charge >= 0.3 is 10.3 Å². The summed E-state index contributed by atoms with van der Waals surface area (Å²) in [7, 11) is -2.45. The Morgan fingerprint density at radius 2 is 2.04 bits per heavy atom. The van der Waals surface area contributed by atoms with Crippen molar-refractivity contribution in [1.82, 2.24) is 9.21 Å². The van der Waals surface area contributed by atoms with Crippen LogP contribution in [0, 0.1) is 0 Å². The highest BCUT2D eigenvalue weighted by Crippen LogP contribution is 2.45. The molecule has 0 spiro atoms. The summed E-state index contributed by atoms with van der Waals surface area (Å²) in [6.45, 7) is 7.36. The van der Waals surface area contributed by atoms with E-state index in [1.54, 1.807) is 18.2 Å². The average molecular weight is 405 g/mol. The first-order valence-corrected chi connectivity index (χ1v) is 10.5. The lowest BCUT2D eigenvalue weighted by atomic mass is 9.83. The topological polar surface area (TPSA) is 68.3 Å². The Hall–Kier alpha value is -1.06. The minimum atomic E-state index is -3.88. The van der Waals surface area contributed by atoms with Gasteiger partial charge in [-0.2, -0.15) is 12.7 Å². The van der Waals surface area contributed by atoms with Gasteiger partial charge in [-0.15, -0.1) is 11.6 Å². The summed E-state index contributed by atoms with van der Waals surface area (Å²) in [5.74, 6) is 1.22. The Morgan fingerprint density at radius 1 is 1.35 bits per heavy atom. The lowest BCUT2D eigenvalue weighted by Gasteiger charge is -2.38. The Labute approximate surface area is 160 Å². The summed E-state index contributed by atoms with van der Waals surface area (Å²) >= 11 is 5.62. The summed E-state index contributed by atoms with van der Waals surface area (Å²) in [4.78, 5) is 2.26. The van der Waals surface area contributed by atoms with Gasteiger partial charge in [-0.25, -0.2) is 0 Å². The number of rotatable bonds is 6. The number of fused-ring (bicyclic) bond motifs is 1. The molecular weight excluding hydrogens is 380 g/mol. The fraction of sp³-hybridized carbons (Fsp3) is 0.647. The third-order valence-corrected chi connectivity index (χ3v) is 6.38. The van der Waals surface area contributed by atoms with Crippen LogP contribution in [0.1, 0.15) is 19.4 Å². The Morgan fingerprint density at radius 3 is 2.69 bits per heavy atom. The largest absolute Gasteiger partial charge is 0.474 e. The Bertz CT molecular complexity index is 750. The second-order valence-electron chi connectivity index (χ2n) is 7.05. The van der Waals surface area contributed by atoms with Gasteiger partial charge in [0.05, 0.1) is 13.2 Å². The molecule has 0 aliphatic carbocycles. The molecule has 9 heteroatoms. The fourth-order valence-corrected chi connectivity index (χ4v) is 4.47. The molecular formula is C17H25ClN2O5S. The second-order valence-corrected chi connectivity index (χ2v) is 9.07. The van der Waals surface area contributed by atoms with Crippen LogP contribution in [0.15, 0.2) is 18.2 Å². The van der Waals surface area contributed by atoms with E-state index in [1.165, 1.54) is 7.05 Å². The first-order chi connectivity index (χ1) is 12.3. The maximum atomic E-state index is 12.3. The van der Waals surface area contributed by atoms with Crippen molar-refractivity contribution >= 4 is 21.9 Å². The van der Waals surface area contributed by atoms with Gasteiger partial charge in [-0.1, -0.05) is 13.8 Å². The number of ether oxygens (including phenoxy) is 2. The van der Waals surface area contributed by atoms with Crippen LogP contribution in [0.25, 0.3) is 0 Å². The first kappa shape index (κ1) is 19.7. The van der Waals surface area contributed by atoms with E-state index in [1.807, 2.05) is 0 Å². The summed E-state index contributed by atoms with van der Waals surface area (Å²) < 4.78 is 42.5. The van der Waals surface area contributed by atoms with Crippen molar-refractivity contribution in [2.75, 3.05) is 45.8 Å². The molecule has 0 saturated carbocycles. The number of nitrogens with zero attached hydrogens (tertiary/aromatic N) is 2. The number of morpholine rings is 1. The van der Waals surface area contributed by atoms with E-state index < -0.39 is 10.3 Å². The molecule has 0 radical (unpaired) electrons. The van der Waals surface area contributed by atoms with E-state index in [0.717, 1.165) is 28.7 Å². The van der Waals surface area contributed by atoms with Crippen LogP contribution in [0.3, 0.4) is 0 Å². The highest BCUT2D eigenvalue weighted by molar-refractivity contribution is 7.84. The summed E-state index contributed by atoms with van der Waals surface area (Å²) in [6.07, 6.45) is -0.118. The fourth-order valence-electron chi connectivity index (χ4n) is 3.33. The van der Waals surface area contributed by atoms with E-state index in [0.29, 0.717) is 13.2 Å². The van der Waals surface area contributed by atoms with E-state index >= 15 is 0 Å². The predicted octanol–water partition coefficient (Wildman–Crippen LogP) is 1.81. The SMILES string of the molecule is CN(CCCl)S(=O)(=O)Oc1ccc2c(c1)C(C)(C)C(N1CCOCC1)O2. The number of halogens is 1. The monoisotopic (exact) mass is 404 g/mol. The van der Waals surface area contributed by atoms with E-state index in [-0.39, 0.29) is 29.8 Å². The molecule has 0 bridgehead atoms. The van der Waals surface area contributed by atoms with Crippen LogP contribution in [-0.2, 0) is 20.5 Å². The predicted molar refractivity (Wildman–Crippen MR) is 99.2 cm³/mol. The molecule has 1 aromatic carbocycles. The third-order valence-electron chi connectivity index (χ3n) is 4.86. The maximum absolute atomic E-state index is 12.3. The molecule has 1 atom stereocenters. The zero-order valence-electron chi connectivity index (χ0n) is 15.3. The minimum absolute atomic E-state index is 0.118. The van der Waals surface area contributed by atoms with Crippen molar-refractivity contribution < 1.29 is 22.1 Å². The number of alkyl halides is 1. The Balaban J connectivity index is 1.82. The van der Waals surface area contributed by atoms with Crippen molar-refractivity contribution in [1.29, 1.82) is 0 Å². The maximum Gasteiger partial charge on any atom is 0.384 e. The van der Waals surface area contributed by atoms with Gasteiger partial charge in [0.2, 0.25) is 0 Å². The zero-order valence-corrected chi connectivity index (χ0v) is 16.8. The highest BCUT2D eigenvalue weighted by Gasteiger charge is 2.45. The average Bonchev–Trinajstić information content (AvgIpc) is 2.86. The minimum Gasteiger partial charge on any atom is -0.474 e. The highest BCUT2D eigenvalue weighted by atomic mass is 35.5. The van der Waals surface area contributed by atoms with Crippen LogP contribution in [0.2, 0.25) is 0 Å². The lowest BCUT2D eigenvalue weighted by Crippen LogP contribution is -2.52. The normalized spacial score (nSPS) is 22.9. The Kier molecular flexibility index (Phi) is 5.69. The number of hydrogen-bond acceptors (Lipinski definition) is 6. The van der Waals surface area contributed by atoms with Crippen molar-refractivity contribution in [2.45, 2.75) is 25.5 Å². The van der Waals surface area contributed by atoms with Crippen molar-refractivity contribution in [3.63, 3.8) is 0 Å². The van der Waals surface area contributed by atoms with Crippen LogP contribution in [0.4, 0.5) is 0 Å². The smallest absolute Gasteiger partial charge is 0.384 e. The molecule has 1 fully saturated rings. The number of hydrogen-bond donors (Lipinski definition) is 0. The molecule has 2 aliphatic heterocycles.